The maximum Gasteiger partial charge on any atom is -0.0398 e. The maximum absolute atomic E-state index is 3.56. The molecule has 0 saturated carbocycles. The summed E-state index contributed by atoms with van der Waals surface area (Å²) in [7, 11) is 0. The molecule has 0 rings (SSSR count). The zero-order chi connectivity index (χ0) is 5.70. The molecule has 0 atom stereocenters. The average Bonchev–Trinajstić information content (AvgIpc) is 1.68. The summed E-state index contributed by atoms with van der Waals surface area (Å²) < 4.78 is 0. The molecule has 0 unspecified atom stereocenters. The second-order valence-electron chi connectivity index (χ2n) is 1.35. The van der Waals surface area contributed by atoms with Crippen LogP contribution in [-0.2, 0) is 0 Å². The van der Waals surface area contributed by atoms with Crippen molar-refractivity contribution in [1.82, 2.24) is 0 Å². The summed E-state index contributed by atoms with van der Waals surface area (Å²) in [5.41, 5.74) is 1.15. The van der Waals surface area contributed by atoms with E-state index in [0.717, 1.165) is 5.57 Å². The molecule has 0 N–H and O–H groups in total. The molecule has 0 heterocycles. The molecule has 0 aromatic rings. The van der Waals surface area contributed by atoms with Crippen molar-refractivity contribution >= 4 is 24.0 Å². The van der Waals surface area contributed by atoms with Crippen LogP contribution in [0.15, 0.2) is 37.0 Å². The highest BCUT2D eigenvalue weighted by Gasteiger charge is 1.68. The topological polar surface area (TPSA) is 0 Å². The second kappa shape index (κ2) is 6.95. The van der Waals surface area contributed by atoms with Gasteiger partial charge in [-0.1, -0.05) is 37.0 Å². The molecular weight excluding hydrogens is 211 g/mol. The number of rotatable bonds is 2. The minimum absolute atomic E-state index is 0. The average molecular weight is 222 g/mol. The molecule has 1 heteroatoms. The molecule has 8 heavy (non-hydrogen) atoms. The number of hydrogen-bond acceptors (Lipinski definition) is 0. The molecule has 0 nitrogen and oxygen atoms in total. The molecule has 0 radical (unpaired) electrons. The van der Waals surface area contributed by atoms with Gasteiger partial charge in [-0.3, -0.25) is 0 Å². The van der Waals surface area contributed by atoms with E-state index in [2.05, 4.69) is 13.2 Å². The van der Waals surface area contributed by atoms with Gasteiger partial charge in [0.05, 0.1) is 0 Å². The van der Waals surface area contributed by atoms with E-state index >= 15 is 0 Å². The first-order valence-corrected chi connectivity index (χ1v) is 2.23. The molecular formula is C7H11I. The molecule has 0 bridgehead atoms. The minimum atomic E-state index is 0. The smallest absolute Gasteiger partial charge is 0.0398 e. The van der Waals surface area contributed by atoms with E-state index in [0.29, 0.717) is 0 Å². The standard InChI is InChI=1S/C7H10.HI/c1-4-6-7(3)5-2;/h4-6H,1-2H2,3H3;1H/b7-6-;. The summed E-state index contributed by atoms with van der Waals surface area (Å²) in [6.07, 6.45) is 5.45. The molecule has 0 aliphatic heterocycles. The zero-order valence-corrected chi connectivity index (χ0v) is 7.38. The lowest BCUT2D eigenvalue weighted by Gasteiger charge is -1.80. The summed E-state index contributed by atoms with van der Waals surface area (Å²) in [4.78, 5) is 0. The summed E-state index contributed by atoms with van der Waals surface area (Å²) in [6, 6.07) is 0. The number of hydrogen-bond donors (Lipinski definition) is 0. The van der Waals surface area contributed by atoms with Gasteiger partial charge < -0.3 is 0 Å². The predicted molar refractivity (Wildman–Crippen MR) is 49.6 cm³/mol. The Morgan fingerprint density at radius 1 is 1.38 bits per heavy atom. The van der Waals surface area contributed by atoms with Gasteiger partial charge >= 0.3 is 0 Å². The largest absolute Gasteiger partial charge is 0.107 e. The van der Waals surface area contributed by atoms with Gasteiger partial charge in [-0.25, -0.2) is 0 Å². The molecule has 0 fully saturated rings. The Kier molecular flexibility index (Phi) is 9.42. The highest BCUT2D eigenvalue weighted by atomic mass is 127. The van der Waals surface area contributed by atoms with Crippen LogP contribution in [0.1, 0.15) is 6.92 Å². The minimum Gasteiger partial charge on any atom is -0.107 e. The van der Waals surface area contributed by atoms with Crippen molar-refractivity contribution in [2.24, 2.45) is 0 Å². The second-order valence-corrected chi connectivity index (χ2v) is 1.35. The van der Waals surface area contributed by atoms with Gasteiger partial charge in [-0.2, -0.15) is 0 Å². The van der Waals surface area contributed by atoms with Crippen LogP contribution >= 0.6 is 24.0 Å². The fraction of sp³-hybridized carbons (Fsp3) is 0.143. The van der Waals surface area contributed by atoms with Crippen LogP contribution < -0.4 is 0 Å². The highest BCUT2D eigenvalue weighted by Crippen LogP contribution is 1.90. The third kappa shape index (κ3) is 5.95. The molecule has 0 spiro atoms. The van der Waals surface area contributed by atoms with Crippen molar-refractivity contribution < 1.29 is 0 Å². The summed E-state index contributed by atoms with van der Waals surface area (Å²) >= 11 is 0. The van der Waals surface area contributed by atoms with Gasteiger partial charge in [-0.15, -0.1) is 24.0 Å². The number of allylic oxidation sites excluding steroid dienone is 4. The summed E-state index contributed by atoms with van der Waals surface area (Å²) in [5.74, 6) is 0. The quantitative estimate of drug-likeness (QED) is 0.497. The first kappa shape index (κ1) is 10.8. The van der Waals surface area contributed by atoms with Crippen LogP contribution in [-0.4, -0.2) is 0 Å². The lowest BCUT2D eigenvalue weighted by Crippen LogP contribution is -1.58. The van der Waals surface area contributed by atoms with E-state index < -0.39 is 0 Å². The van der Waals surface area contributed by atoms with E-state index in [1.165, 1.54) is 0 Å². The van der Waals surface area contributed by atoms with Crippen molar-refractivity contribution in [3.05, 3.63) is 37.0 Å². The fourth-order valence-corrected chi connectivity index (χ4v) is 0.254. The number of halogens is 1. The Morgan fingerprint density at radius 3 is 2.00 bits per heavy atom. The van der Waals surface area contributed by atoms with Gasteiger partial charge in [-0.05, 0) is 6.92 Å². The normalized spacial score (nSPS) is 9.38. The highest BCUT2D eigenvalue weighted by molar-refractivity contribution is 14.0. The summed E-state index contributed by atoms with van der Waals surface area (Å²) in [6.45, 7) is 9.07. The Balaban J connectivity index is 0. The van der Waals surface area contributed by atoms with Gasteiger partial charge in [0.25, 0.3) is 0 Å². The van der Waals surface area contributed by atoms with Crippen LogP contribution in [0.3, 0.4) is 0 Å². The first-order valence-electron chi connectivity index (χ1n) is 2.23. The molecule has 0 aromatic heterocycles. The first-order chi connectivity index (χ1) is 3.31. The van der Waals surface area contributed by atoms with Gasteiger partial charge in [0.15, 0.2) is 0 Å². The van der Waals surface area contributed by atoms with Crippen molar-refractivity contribution in [2.75, 3.05) is 0 Å². The van der Waals surface area contributed by atoms with Gasteiger partial charge in [0, 0.05) is 0 Å². The van der Waals surface area contributed by atoms with Crippen molar-refractivity contribution in [2.45, 2.75) is 6.92 Å². The van der Waals surface area contributed by atoms with Crippen LogP contribution in [0.2, 0.25) is 0 Å². The Labute approximate surface area is 68.0 Å². The van der Waals surface area contributed by atoms with E-state index in [1.54, 1.807) is 12.2 Å². The Morgan fingerprint density at radius 2 is 1.88 bits per heavy atom. The van der Waals surface area contributed by atoms with Crippen LogP contribution in [0, 0.1) is 0 Å². The van der Waals surface area contributed by atoms with Gasteiger partial charge in [0.1, 0.15) is 0 Å². The summed E-state index contributed by atoms with van der Waals surface area (Å²) in [5, 5.41) is 0. The van der Waals surface area contributed by atoms with Crippen LogP contribution in [0.4, 0.5) is 0 Å². The monoisotopic (exact) mass is 222 g/mol. The van der Waals surface area contributed by atoms with E-state index in [9.17, 15) is 0 Å². The Bertz CT molecular complexity index is 101. The van der Waals surface area contributed by atoms with E-state index in [1.807, 2.05) is 13.0 Å². The van der Waals surface area contributed by atoms with E-state index in [-0.39, 0.29) is 24.0 Å². The molecule has 0 aliphatic carbocycles. The van der Waals surface area contributed by atoms with Crippen molar-refractivity contribution in [3.8, 4) is 0 Å². The molecule has 0 aliphatic rings. The molecule has 0 saturated heterocycles. The zero-order valence-electron chi connectivity index (χ0n) is 5.05. The van der Waals surface area contributed by atoms with Crippen molar-refractivity contribution in [3.63, 3.8) is 0 Å². The lowest BCUT2D eigenvalue weighted by atomic mass is 10.3. The van der Waals surface area contributed by atoms with Gasteiger partial charge in [0.2, 0.25) is 0 Å². The Hall–Kier alpha value is -0.0500. The van der Waals surface area contributed by atoms with Crippen LogP contribution in [0.5, 0.6) is 0 Å². The fourth-order valence-electron chi connectivity index (χ4n) is 0.254. The van der Waals surface area contributed by atoms with Crippen LogP contribution in [0.25, 0.3) is 0 Å². The molecule has 46 valence electrons. The predicted octanol–water partition coefficient (Wildman–Crippen LogP) is 2.92. The van der Waals surface area contributed by atoms with Crippen molar-refractivity contribution in [1.29, 1.82) is 0 Å². The third-order valence-corrected chi connectivity index (χ3v) is 0.703. The lowest BCUT2D eigenvalue weighted by molar-refractivity contribution is 1.54. The third-order valence-electron chi connectivity index (χ3n) is 0.703. The maximum atomic E-state index is 3.56. The van der Waals surface area contributed by atoms with E-state index in [4.69, 9.17) is 0 Å². The SMILES string of the molecule is C=C/C=C(/C)C=C.I. The molecule has 0 aromatic carbocycles. The molecule has 0 amide bonds.